The van der Waals surface area contributed by atoms with Crippen molar-refractivity contribution in [2.75, 3.05) is 19.6 Å². The first-order valence-electron chi connectivity index (χ1n) is 7.83. The van der Waals surface area contributed by atoms with E-state index in [0.29, 0.717) is 13.0 Å². The molecule has 2 amide bonds. The van der Waals surface area contributed by atoms with Crippen molar-refractivity contribution < 1.29 is 9.59 Å². The van der Waals surface area contributed by atoms with Crippen LogP contribution in [-0.2, 0) is 9.59 Å². The number of rotatable bonds is 5. The lowest BCUT2D eigenvalue weighted by Gasteiger charge is -2.24. The van der Waals surface area contributed by atoms with Crippen LogP contribution in [0.15, 0.2) is 0 Å². The molecule has 0 aromatic carbocycles. The summed E-state index contributed by atoms with van der Waals surface area (Å²) >= 11 is 0. The molecule has 0 aromatic rings. The van der Waals surface area contributed by atoms with Crippen LogP contribution in [0.1, 0.15) is 57.8 Å². The van der Waals surface area contributed by atoms with Crippen LogP contribution in [0.2, 0.25) is 0 Å². The summed E-state index contributed by atoms with van der Waals surface area (Å²) in [4.78, 5) is 25.5. The second-order valence-corrected chi connectivity index (χ2v) is 5.82. The van der Waals surface area contributed by atoms with Gasteiger partial charge in [0.1, 0.15) is 0 Å². The maximum Gasteiger partial charge on any atom is 0.223 e. The number of carbonyl (C=O) groups is 2. The summed E-state index contributed by atoms with van der Waals surface area (Å²) in [5.74, 6) is 0.714. The van der Waals surface area contributed by atoms with Crippen molar-refractivity contribution in [2.24, 2.45) is 5.92 Å². The summed E-state index contributed by atoms with van der Waals surface area (Å²) < 4.78 is 0. The molecule has 1 heterocycles. The quantitative estimate of drug-likeness (QED) is 0.775. The lowest BCUT2D eigenvalue weighted by Crippen LogP contribution is -2.34. The van der Waals surface area contributed by atoms with Crippen LogP contribution in [-0.4, -0.2) is 36.3 Å². The maximum absolute atomic E-state index is 12.1. The zero-order valence-corrected chi connectivity index (χ0v) is 11.8. The first-order chi connectivity index (χ1) is 9.27. The van der Waals surface area contributed by atoms with Crippen molar-refractivity contribution in [1.82, 2.24) is 10.2 Å². The third-order valence-electron chi connectivity index (χ3n) is 4.02. The summed E-state index contributed by atoms with van der Waals surface area (Å²) in [6, 6.07) is 0. The first kappa shape index (κ1) is 14.4. The SMILES string of the molecule is O=C(NCCCC(=O)N1CCCCCCC1)C1CC1. The van der Waals surface area contributed by atoms with Gasteiger partial charge in [0.15, 0.2) is 0 Å². The van der Waals surface area contributed by atoms with E-state index in [1.165, 1.54) is 19.3 Å². The van der Waals surface area contributed by atoms with Gasteiger partial charge in [0.05, 0.1) is 0 Å². The van der Waals surface area contributed by atoms with Gasteiger partial charge in [-0.05, 0) is 32.1 Å². The van der Waals surface area contributed by atoms with Gasteiger partial charge >= 0.3 is 0 Å². The third-order valence-corrected chi connectivity index (χ3v) is 4.02. The van der Waals surface area contributed by atoms with E-state index in [9.17, 15) is 9.59 Å². The van der Waals surface area contributed by atoms with Crippen LogP contribution in [0.3, 0.4) is 0 Å². The zero-order valence-electron chi connectivity index (χ0n) is 11.8. The predicted molar refractivity (Wildman–Crippen MR) is 74.6 cm³/mol. The highest BCUT2D eigenvalue weighted by molar-refractivity contribution is 5.81. The minimum atomic E-state index is 0.179. The molecule has 1 N–H and O–H groups in total. The molecule has 0 spiro atoms. The highest BCUT2D eigenvalue weighted by atomic mass is 16.2. The minimum Gasteiger partial charge on any atom is -0.356 e. The van der Waals surface area contributed by atoms with Crippen LogP contribution < -0.4 is 5.32 Å². The monoisotopic (exact) mass is 266 g/mol. The number of carbonyl (C=O) groups excluding carboxylic acids is 2. The lowest BCUT2D eigenvalue weighted by molar-refractivity contribution is -0.132. The molecule has 1 aliphatic carbocycles. The topological polar surface area (TPSA) is 49.4 Å². The predicted octanol–water partition coefficient (Wildman–Crippen LogP) is 2.09. The molecule has 2 rings (SSSR count). The molecular weight excluding hydrogens is 240 g/mol. The summed E-state index contributed by atoms with van der Waals surface area (Å²) in [5, 5.41) is 2.92. The molecule has 1 saturated heterocycles. The van der Waals surface area contributed by atoms with Gasteiger partial charge < -0.3 is 10.2 Å². The Bertz CT molecular complexity index is 305. The molecule has 0 radical (unpaired) electrons. The smallest absolute Gasteiger partial charge is 0.223 e. The lowest BCUT2D eigenvalue weighted by atomic mass is 10.1. The van der Waals surface area contributed by atoms with E-state index in [-0.39, 0.29) is 17.7 Å². The average molecular weight is 266 g/mol. The van der Waals surface area contributed by atoms with Gasteiger partial charge in [-0.15, -0.1) is 0 Å². The van der Waals surface area contributed by atoms with Crippen molar-refractivity contribution in [3.05, 3.63) is 0 Å². The molecule has 4 heteroatoms. The summed E-state index contributed by atoms with van der Waals surface area (Å²) in [6.45, 7) is 2.50. The number of hydrogen-bond acceptors (Lipinski definition) is 2. The first-order valence-corrected chi connectivity index (χ1v) is 7.83. The van der Waals surface area contributed by atoms with E-state index < -0.39 is 0 Å². The Morgan fingerprint density at radius 1 is 1.00 bits per heavy atom. The van der Waals surface area contributed by atoms with Crippen molar-refractivity contribution in [2.45, 2.75) is 57.8 Å². The third kappa shape index (κ3) is 5.21. The fourth-order valence-electron chi connectivity index (χ4n) is 2.60. The standard InChI is InChI=1S/C15H26N2O2/c18-14(17-11-4-2-1-3-5-12-17)7-6-10-16-15(19)13-8-9-13/h13H,1-12H2,(H,16,19). The van der Waals surface area contributed by atoms with Gasteiger partial charge in [-0.1, -0.05) is 19.3 Å². The van der Waals surface area contributed by atoms with Crippen LogP contribution >= 0.6 is 0 Å². The second kappa shape index (κ2) is 7.51. The van der Waals surface area contributed by atoms with Gasteiger partial charge in [0.2, 0.25) is 11.8 Å². The van der Waals surface area contributed by atoms with Crippen molar-refractivity contribution in [3.63, 3.8) is 0 Å². The number of nitrogens with one attached hydrogen (secondary N) is 1. The number of amides is 2. The van der Waals surface area contributed by atoms with Gasteiger partial charge in [-0.2, -0.15) is 0 Å². The molecule has 2 fully saturated rings. The van der Waals surface area contributed by atoms with Gasteiger partial charge in [0, 0.05) is 32.0 Å². The van der Waals surface area contributed by atoms with Crippen LogP contribution in [0, 0.1) is 5.92 Å². The van der Waals surface area contributed by atoms with Crippen molar-refractivity contribution in [3.8, 4) is 0 Å². The molecule has 0 bridgehead atoms. The fraction of sp³-hybridized carbons (Fsp3) is 0.867. The number of likely N-dealkylation sites (tertiary alicyclic amines) is 1. The van der Waals surface area contributed by atoms with E-state index in [2.05, 4.69) is 5.32 Å². The largest absolute Gasteiger partial charge is 0.356 e. The van der Waals surface area contributed by atoms with Crippen LogP contribution in [0.25, 0.3) is 0 Å². The zero-order chi connectivity index (χ0) is 13.5. The molecule has 0 aromatic heterocycles. The normalized spacial score (nSPS) is 20.5. The second-order valence-electron chi connectivity index (χ2n) is 5.82. The molecule has 4 nitrogen and oxygen atoms in total. The number of nitrogens with zero attached hydrogens (tertiary/aromatic N) is 1. The van der Waals surface area contributed by atoms with E-state index in [4.69, 9.17) is 0 Å². The van der Waals surface area contributed by atoms with Crippen molar-refractivity contribution >= 4 is 11.8 Å². The molecule has 1 saturated carbocycles. The van der Waals surface area contributed by atoms with E-state index in [1.807, 2.05) is 4.90 Å². The highest BCUT2D eigenvalue weighted by Crippen LogP contribution is 2.28. The maximum atomic E-state index is 12.1. The minimum absolute atomic E-state index is 0.179. The highest BCUT2D eigenvalue weighted by Gasteiger charge is 2.29. The van der Waals surface area contributed by atoms with Gasteiger partial charge in [0.25, 0.3) is 0 Å². The fourth-order valence-corrected chi connectivity index (χ4v) is 2.60. The summed E-state index contributed by atoms with van der Waals surface area (Å²) in [7, 11) is 0. The van der Waals surface area contributed by atoms with E-state index in [0.717, 1.165) is 45.2 Å². The Hall–Kier alpha value is -1.06. The van der Waals surface area contributed by atoms with Gasteiger partial charge in [-0.3, -0.25) is 9.59 Å². The molecule has 1 aliphatic heterocycles. The Labute approximate surface area is 115 Å². The van der Waals surface area contributed by atoms with Crippen LogP contribution in [0.5, 0.6) is 0 Å². The number of hydrogen-bond donors (Lipinski definition) is 1. The van der Waals surface area contributed by atoms with E-state index in [1.54, 1.807) is 0 Å². The molecule has 0 atom stereocenters. The summed E-state index contributed by atoms with van der Waals surface area (Å²) in [6.07, 6.45) is 9.53. The summed E-state index contributed by atoms with van der Waals surface area (Å²) in [5.41, 5.74) is 0. The molecular formula is C15H26N2O2. The van der Waals surface area contributed by atoms with Crippen LogP contribution in [0.4, 0.5) is 0 Å². The Morgan fingerprint density at radius 2 is 1.63 bits per heavy atom. The molecule has 19 heavy (non-hydrogen) atoms. The Kier molecular flexibility index (Phi) is 5.67. The Balaban J connectivity index is 1.58. The molecule has 0 unspecified atom stereocenters. The van der Waals surface area contributed by atoms with E-state index >= 15 is 0 Å². The van der Waals surface area contributed by atoms with Crippen molar-refractivity contribution in [1.29, 1.82) is 0 Å². The molecule has 108 valence electrons. The Morgan fingerprint density at radius 3 is 2.26 bits per heavy atom. The van der Waals surface area contributed by atoms with Gasteiger partial charge in [-0.25, -0.2) is 0 Å². The molecule has 2 aliphatic rings. The average Bonchev–Trinajstić information content (AvgIpc) is 3.17.